The summed E-state index contributed by atoms with van der Waals surface area (Å²) in [4.78, 5) is 32.8. The highest BCUT2D eigenvalue weighted by Gasteiger charge is 2.33. The van der Waals surface area contributed by atoms with Crippen LogP contribution in [0.3, 0.4) is 0 Å². The molecule has 10 aromatic rings. The summed E-state index contributed by atoms with van der Waals surface area (Å²) in [5.74, 6) is 3.29. The highest BCUT2D eigenvalue weighted by molar-refractivity contribution is 5.83. The molecule has 0 spiro atoms. The van der Waals surface area contributed by atoms with Gasteiger partial charge in [-0.3, -0.25) is 9.78 Å². The highest BCUT2D eigenvalue weighted by atomic mass is 16.5. The number of para-hydroxylation sites is 2. The number of nitrogens with zero attached hydrogens (tertiary/aromatic N) is 6. The van der Waals surface area contributed by atoms with Crippen molar-refractivity contribution < 1.29 is 23.1 Å². The molecule has 82 heavy (non-hydrogen) atoms. The number of fused-ring (bicyclic) bond motifs is 4. The molecule has 0 atom stereocenters. The van der Waals surface area contributed by atoms with Crippen molar-refractivity contribution >= 4 is 33.8 Å². The van der Waals surface area contributed by atoms with Crippen molar-refractivity contribution in [1.29, 1.82) is 0 Å². The van der Waals surface area contributed by atoms with Crippen LogP contribution < -0.4 is 9.47 Å². The molecule has 1 saturated carbocycles. The van der Waals surface area contributed by atoms with E-state index < -0.39 is 0 Å². The SMILES string of the molecule is CC(C)(C)c1cccc2c1CC(=O)N(C1CCCCC1)C2.CC(C)(C)c1cccc2nc(-c3cccnc3)oc12.COc1ccc(-c2cn3c(C(C)(C)C)cccc3n2)cc1.COc1ccc(-c2nc3cccc(C(C)(C)C)c3o2)cc1. The average molecular weight is 1100 g/mol. The number of rotatable bonds is 6. The van der Waals surface area contributed by atoms with Crippen molar-refractivity contribution in [3.63, 3.8) is 0 Å². The molecule has 1 aliphatic carbocycles. The van der Waals surface area contributed by atoms with E-state index in [1.807, 2.05) is 91.0 Å². The lowest BCUT2D eigenvalue weighted by Crippen LogP contribution is -2.44. The zero-order valence-electron chi connectivity index (χ0n) is 50.7. The van der Waals surface area contributed by atoms with Gasteiger partial charge in [0.15, 0.2) is 11.2 Å². The first-order chi connectivity index (χ1) is 39.0. The molecule has 2 aliphatic rings. The third-order valence-corrected chi connectivity index (χ3v) is 15.4. The second kappa shape index (κ2) is 24.2. The molecule has 5 aromatic heterocycles. The van der Waals surface area contributed by atoms with Crippen LogP contribution in [0.5, 0.6) is 11.5 Å². The molecule has 1 fully saturated rings. The molecule has 6 heterocycles. The van der Waals surface area contributed by atoms with Crippen LogP contribution in [-0.2, 0) is 39.4 Å². The van der Waals surface area contributed by atoms with Crippen LogP contribution in [0.25, 0.3) is 62.0 Å². The molecule has 1 aliphatic heterocycles. The van der Waals surface area contributed by atoms with Gasteiger partial charge in [0.05, 0.1) is 31.9 Å². The van der Waals surface area contributed by atoms with Crippen molar-refractivity contribution in [2.24, 2.45) is 0 Å². The molecular weight excluding hydrogens is 1020 g/mol. The first-order valence-corrected chi connectivity index (χ1v) is 28.9. The quantitative estimate of drug-likeness (QED) is 0.160. The number of hydrogen-bond donors (Lipinski definition) is 0. The predicted octanol–water partition coefficient (Wildman–Crippen LogP) is 17.5. The zero-order valence-corrected chi connectivity index (χ0v) is 50.7. The highest BCUT2D eigenvalue weighted by Crippen LogP contribution is 2.37. The van der Waals surface area contributed by atoms with Gasteiger partial charge in [0, 0.05) is 64.5 Å². The molecule has 0 bridgehead atoms. The van der Waals surface area contributed by atoms with E-state index >= 15 is 0 Å². The Bertz CT molecular complexity index is 3630. The van der Waals surface area contributed by atoms with Crippen LogP contribution in [0.15, 0.2) is 161 Å². The number of benzene rings is 5. The average Bonchev–Trinajstić information content (AvgIpc) is 3.74. The summed E-state index contributed by atoms with van der Waals surface area (Å²) in [7, 11) is 3.33. The van der Waals surface area contributed by atoms with E-state index in [1.54, 1.807) is 26.6 Å². The van der Waals surface area contributed by atoms with Crippen molar-refractivity contribution in [2.75, 3.05) is 14.2 Å². The van der Waals surface area contributed by atoms with E-state index in [4.69, 9.17) is 23.3 Å². The number of amides is 1. The van der Waals surface area contributed by atoms with Gasteiger partial charge in [-0.1, -0.05) is 151 Å². The Morgan fingerprint density at radius 3 is 1.57 bits per heavy atom. The second-order valence-electron chi connectivity index (χ2n) is 25.7. The maximum Gasteiger partial charge on any atom is 0.228 e. The maximum absolute atomic E-state index is 12.7. The minimum atomic E-state index is 0.0240. The fourth-order valence-corrected chi connectivity index (χ4v) is 11.0. The van der Waals surface area contributed by atoms with Gasteiger partial charge in [-0.2, -0.15) is 0 Å². The first kappa shape index (κ1) is 58.6. The van der Waals surface area contributed by atoms with E-state index in [-0.39, 0.29) is 21.7 Å². The van der Waals surface area contributed by atoms with Crippen molar-refractivity contribution in [3.05, 3.63) is 186 Å². The molecule has 426 valence electrons. The molecule has 0 saturated heterocycles. The summed E-state index contributed by atoms with van der Waals surface area (Å²) in [6.07, 6.45) is 12.5. The van der Waals surface area contributed by atoms with Crippen LogP contribution in [-0.4, -0.2) is 55.4 Å². The topological polar surface area (TPSA) is 121 Å². The van der Waals surface area contributed by atoms with Crippen LogP contribution in [0, 0.1) is 0 Å². The van der Waals surface area contributed by atoms with Crippen LogP contribution >= 0.6 is 0 Å². The minimum absolute atomic E-state index is 0.0240. The second-order valence-corrected chi connectivity index (χ2v) is 25.7. The number of hydrogen-bond acceptors (Lipinski definition) is 9. The van der Waals surface area contributed by atoms with Crippen LogP contribution in [0.1, 0.15) is 149 Å². The Labute approximate surface area is 485 Å². The first-order valence-electron chi connectivity index (χ1n) is 28.9. The van der Waals surface area contributed by atoms with Crippen LogP contribution in [0.2, 0.25) is 0 Å². The monoisotopic (exact) mass is 1100 g/mol. The van der Waals surface area contributed by atoms with Gasteiger partial charge in [0.1, 0.15) is 28.2 Å². The predicted molar refractivity (Wildman–Crippen MR) is 333 cm³/mol. The van der Waals surface area contributed by atoms with Gasteiger partial charge in [-0.25, -0.2) is 15.0 Å². The van der Waals surface area contributed by atoms with Gasteiger partial charge in [0.2, 0.25) is 17.7 Å². The van der Waals surface area contributed by atoms with E-state index in [2.05, 4.69) is 156 Å². The number of methoxy groups -OCH3 is 2. The lowest BCUT2D eigenvalue weighted by Gasteiger charge is -2.39. The van der Waals surface area contributed by atoms with E-state index in [0.717, 1.165) is 68.3 Å². The summed E-state index contributed by atoms with van der Waals surface area (Å²) in [6, 6.07) is 45.1. The number of oxazole rings is 2. The number of ether oxygens (including phenoxy) is 2. The molecule has 0 unspecified atom stereocenters. The van der Waals surface area contributed by atoms with Crippen molar-refractivity contribution in [1.82, 2.24) is 29.2 Å². The zero-order chi connectivity index (χ0) is 58.6. The maximum atomic E-state index is 12.7. The van der Waals surface area contributed by atoms with Gasteiger partial charge in [-0.15, -0.1) is 0 Å². The normalized spacial score (nSPS) is 14.1. The van der Waals surface area contributed by atoms with E-state index in [0.29, 0.717) is 30.2 Å². The van der Waals surface area contributed by atoms with E-state index in [1.165, 1.54) is 65.6 Å². The lowest BCUT2D eigenvalue weighted by molar-refractivity contribution is -0.135. The third-order valence-electron chi connectivity index (χ3n) is 15.4. The Morgan fingerprint density at radius 2 is 1.05 bits per heavy atom. The summed E-state index contributed by atoms with van der Waals surface area (Å²) in [6.45, 7) is 27.2. The third kappa shape index (κ3) is 13.5. The molecule has 0 N–H and O–H groups in total. The molecular formula is C71H82N6O5. The summed E-state index contributed by atoms with van der Waals surface area (Å²) in [5.41, 5.74) is 16.3. The Hall–Kier alpha value is -8.05. The number of carbonyl (C=O) groups is 1. The number of pyridine rings is 2. The molecule has 1 amide bonds. The fourth-order valence-electron chi connectivity index (χ4n) is 11.0. The van der Waals surface area contributed by atoms with Crippen LogP contribution in [0.4, 0.5) is 0 Å². The summed E-state index contributed by atoms with van der Waals surface area (Å²) < 4.78 is 24.6. The van der Waals surface area contributed by atoms with Gasteiger partial charge in [-0.05, 0) is 131 Å². The largest absolute Gasteiger partial charge is 0.497 e. The summed E-state index contributed by atoms with van der Waals surface area (Å²) in [5, 5.41) is 0. The smallest absolute Gasteiger partial charge is 0.228 e. The Balaban J connectivity index is 0.000000132. The molecule has 5 aromatic carbocycles. The minimum Gasteiger partial charge on any atom is -0.497 e. The lowest BCUT2D eigenvalue weighted by atomic mass is 9.79. The number of aromatic nitrogens is 5. The Kier molecular flexibility index (Phi) is 17.3. The standard InChI is InChI=1S/C19H27NO.C18H20N2O.C18H19NO2.C16H16N2O/c1-19(2,3)17-11-7-8-14-13-20(18(21)12-16(14)17)15-9-5-4-6-10-15;1-18(2,3)16-6-5-7-17-19-15(12-20(16)17)13-8-10-14(21-4)11-9-13;1-18(2,3)14-6-5-7-15-16(14)21-17(19-15)12-8-10-13(20-4)11-9-12;1-16(2,3)12-7-4-8-13-14(12)19-15(18-13)11-6-5-9-17-10-11/h7-8,11,15H,4-6,9-10,12-13H2,1-3H3;5-12H,1-4H3;5-11H,1-4H3;4-10H,1-3H3. The number of imidazole rings is 1. The molecule has 11 heteroatoms. The van der Waals surface area contributed by atoms with Gasteiger partial charge < -0.3 is 27.6 Å². The van der Waals surface area contributed by atoms with Gasteiger partial charge in [0.25, 0.3) is 0 Å². The molecule has 11 nitrogen and oxygen atoms in total. The molecule has 12 rings (SSSR count). The van der Waals surface area contributed by atoms with Gasteiger partial charge >= 0.3 is 0 Å². The van der Waals surface area contributed by atoms with Crippen molar-refractivity contribution in [3.8, 4) is 45.7 Å². The fraction of sp³-hybridized carbons (Fsp3) is 0.366. The summed E-state index contributed by atoms with van der Waals surface area (Å²) >= 11 is 0. The van der Waals surface area contributed by atoms with Crippen molar-refractivity contribution in [2.45, 2.75) is 156 Å². The number of carbonyl (C=O) groups excluding carboxylic acids is 1. The van der Waals surface area contributed by atoms with E-state index in [9.17, 15) is 4.79 Å². The molecule has 0 radical (unpaired) electrons. The Morgan fingerprint density at radius 1 is 0.524 bits per heavy atom.